The van der Waals surface area contributed by atoms with Crippen molar-refractivity contribution in [2.75, 3.05) is 11.9 Å². The highest BCUT2D eigenvalue weighted by molar-refractivity contribution is 7.80. The summed E-state index contributed by atoms with van der Waals surface area (Å²) in [5, 5.41) is 0. The zero-order chi connectivity index (χ0) is 13.8. The molecular weight excluding hydrogens is 254 g/mol. The smallest absolute Gasteiger partial charge is 0.106 e. The molecule has 0 bridgehead atoms. The van der Waals surface area contributed by atoms with Crippen LogP contribution in [0.25, 0.3) is 0 Å². The van der Waals surface area contributed by atoms with Gasteiger partial charge in [-0.2, -0.15) is 0 Å². The van der Waals surface area contributed by atoms with Crippen molar-refractivity contribution >= 4 is 22.9 Å². The van der Waals surface area contributed by atoms with Crippen LogP contribution in [-0.2, 0) is 6.54 Å². The first-order valence-corrected chi connectivity index (χ1v) is 6.50. The zero-order valence-corrected chi connectivity index (χ0v) is 11.9. The second kappa shape index (κ2) is 5.80. The van der Waals surface area contributed by atoms with Gasteiger partial charge in [-0.05, 0) is 36.8 Å². The molecule has 0 spiro atoms. The van der Waals surface area contributed by atoms with E-state index >= 15 is 0 Å². The first-order valence-electron chi connectivity index (χ1n) is 6.09. The molecule has 2 rings (SSSR count). The lowest BCUT2D eigenvalue weighted by atomic mass is 10.1. The number of pyridine rings is 1. The van der Waals surface area contributed by atoms with Gasteiger partial charge in [0, 0.05) is 24.5 Å². The van der Waals surface area contributed by atoms with Crippen LogP contribution in [-0.4, -0.2) is 17.0 Å². The predicted molar refractivity (Wildman–Crippen MR) is 83.4 cm³/mol. The van der Waals surface area contributed by atoms with Crippen molar-refractivity contribution in [1.29, 1.82) is 0 Å². The van der Waals surface area contributed by atoms with Gasteiger partial charge in [0.2, 0.25) is 0 Å². The van der Waals surface area contributed by atoms with E-state index in [1.807, 2.05) is 37.4 Å². The van der Waals surface area contributed by atoms with Crippen molar-refractivity contribution in [2.45, 2.75) is 13.5 Å². The molecule has 0 atom stereocenters. The lowest BCUT2D eigenvalue weighted by Gasteiger charge is -2.22. The van der Waals surface area contributed by atoms with Crippen LogP contribution in [0.1, 0.15) is 16.8 Å². The molecule has 1 aromatic heterocycles. The molecule has 0 aliphatic carbocycles. The quantitative estimate of drug-likeness (QED) is 0.868. The summed E-state index contributed by atoms with van der Waals surface area (Å²) in [4.78, 5) is 6.87. The van der Waals surface area contributed by atoms with Crippen LogP contribution in [0.5, 0.6) is 0 Å². The third-order valence-corrected chi connectivity index (χ3v) is 3.18. The maximum Gasteiger partial charge on any atom is 0.106 e. The number of hydrogen-bond acceptors (Lipinski definition) is 3. The number of aryl methyl sites for hydroxylation is 1. The normalized spacial score (nSPS) is 10.2. The number of rotatable bonds is 4. The molecule has 1 heterocycles. The molecule has 0 fully saturated rings. The molecule has 2 aromatic rings. The van der Waals surface area contributed by atoms with E-state index in [9.17, 15) is 0 Å². The summed E-state index contributed by atoms with van der Waals surface area (Å²) in [6, 6.07) is 12.0. The lowest BCUT2D eigenvalue weighted by Crippen LogP contribution is -2.22. The van der Waals surface area contributed by atoms with Crippen molar-refractivity contribution in [3.8, 4) is 0 Å². The van der Waals surface area contributed by atoms with Crippen molar-refractivity contribution in [2.24, 2.45) is 5.73 Å². The standard InChI is InChI=1S/C15H17N3S/c1-11-6-7-13(15(16)19)14(9-11)18(2)10-12-5-3-4-8-17-12/h3-9H,10H2,1-2H3,(H2,16,19). The van der Waals surface area contributed by atoms with E-state index in [4.69, 9.17) is 18.0 Å². The van der Waals surface area contributed by atoms with Crippen LogP contribution in [0, 0.1) is 6.92 Å². The predicted octanol–water partition coefficient (Wildman–Crippen LogP) is 2.66. The van der Waals surface area contributed by atoms with E-state index in [2.05, 4.69) is 22.9 Å². The summed E-state index contributed by atoms with van der Waals surface area (Å²) < 4.78 is 0. The Hall–Kier alpha value is -1.94. The van der Waals surface area contributed by atoms with Crippen LogP contribution in [0.2, 0.25) is 0 Å². The summed E-state index contributed by atoms with van der Waals surface area (Å²) in [6.45, 7) is 2.78. The molecule has 2 N–H and O–H groups in total. The van der Waals surface area contributed by atoms with E-state index in [-0.39, 0.29) is 0 Å². The Morgan fingerprint density at radius 1 is 1.32 bits per heavy atom. The topological polar surface area (TPSA) is 42.1 Å². The summed E-state index contributed by atoms with van der Waals surface area (Å²) in [6.07, 6.45) is 1.80. The number of anilines is 1. The minimum atomic E-state index is 0.419. The highest BCUT2D eigenvalue weighted by Gasteiger charge is 2.10. The van der Waals surface area contributed by atoms with E-state index < -0.39 is 0 Å². The van der Waals surface area contributed by atoms with E-state index in [0.29, 0.717) is 4.99 Å². The van der Waals surface area contributed by atoms with Crippen LogP contribution in [0.4, 0.5) is 5.69 Å². The Kier molecular flexibility index (Phi) is 4.12. The molecule has 1 aromatic carbocycles. The second-order valence-electron chi connectivity index (χ2n) is 4.56. The highest BCUT2D eigenvalue weighted by atomic mass is 32.1. The number of aromatic nitrogens is 1. The van der Waals surface area contributed by atoms with E-state index in [0.717, 1.165) is 23.5 Å². The second-order valence-corrected chi connectivity index (χ2v) is 5.00. The van der Waals surface area contributed by atoms with Crippen molar-refractivity contribution in [3.05, 3.63) is 59.4 Å². The molecule has 0 radical (unpaired) electrons. The molecule has 0 saturated carbocycles. The van der Waals surface area contributed by atoms with Gasteiger partial charge in [0.15, 0.2) is 0 Å². The largest absolute Gasteiger partial charge is 0.389 e. The summed E-state index contributed by atoms with van der Waals surface area (Å²) in [7, 11) is 2.02. The van der Waals surface area contributed by atoms with E-state index in [1.54, 1.807) is 6.20 Å². The number of thiocarbonyl (C=S) groups is 1. The van der Waals surface area contributed by atoms with Crippen LogP contribution < -0.4 is 10.6 Å². The van der Waals surface area contributed by atoms with Gasteiger partial charge in [0.1, 0.15) is 4.99 Å². The van der Waals surface area contributed by atoms with E-state index in [1.165, 1.54) is 5.56 Å². The van der Waals surface area contributed by atoms with Gasteiger partial charge in [-0.25, -0.2) is 0 Å². The Bertz CT molecular complexity index is 581. The summed E-state index contributed by atoms with van der Waals surface area (Å²) >= 11 is 5.11. The summed E-state index contributed by atoms with van der Waals surface area (Å²) in [5.41, 5.74) is 9.92. The SMILES string of the molecule is Cc1ccc(C(N)=S)c(N(C)Cc2ccccn2)c1. The van der Waals surface area contributed by atoms with Crippen LogP contribution in [0.3, 0.4) is 0 Å². The van der Waals surface area contributed by atoms with Gasteiger partial charge in [-0.3, -0.25) is 4.98 Å². The van der Waals surface area contributed by atoms with Crippen molar-refractivity contribution < 1.29 is 0 Å². The average Bonchev–Trinajstić information content (AvgIpc) is 2.39. The maximum atomic E-state index is 5.78. The molecule has 98 valence electrons. The van der Waals surface area contributed by atoms with Crippen molar-refractivity contribution in [3.63, 3.8) is 0 Å². The minimum Gasteiger partial charge on any atom is -0.389 e. The molecule has 0 amide bonds. The van der Waals surface area contributed by atoms with Gasteiger partial charge in [0.25, 0.3) is 0 Å². The van der Waals surface area contributed by atoms with Crippen LogP contribution >= 0.6 is 12.2 Å². The number of nitrogens with zero attached hydrogens (tertiary/aromatic N) is 2. The zero-order valence-electron chi connectivity index (χ0n) is 11.1. The average molecular weight is 271 g/mol. The van der Waals surface area contributed by atoms with Gasteiger partial charge in [-0.15, -0.1) is 0 Å². The minimum absolute atomic E-state index is 0.419. The monoisotopic (exact) mass is 271 g/mol. The fraction of sp³-hybridized carbons (Fsp3) is 0.200. The number of benzene rings is 1. The first kappa shape index (κ1) is 13.5. The molecule has 0 aliphatic heterocycles. The Balaban J connectivity index is 2.30. The fourth-order valence-electron chi connectivity index (χ4n) is 1.99. The van der Waals surface area contributed by atoms with Gasteiger partial charge in [0.05, 0.1) is 12.2 Å². The number of nitrogens with two attached hydrogens (primary N) is 1. The third-order valence-electron chi connectivity index (χ3n) is 2.96. The van der Waals surface area contributed by atoms with Crippen molar-refractivity contribution in [1.82, 2.24) is 4.98 Å². The highest BCUT2D eigenvalue weighted by Crippen LogP contribution is 2.22. The molecule has 19 heavy (non-hydrogen) atoms. The van der Waals surface area contributed by atoms with Gasteiger partial charge >= 0.3 is 0 Å². The maximum absolute atomic E-state index is 5.78. The molecule has 3 nitrogen and oxygen atoms in total. The molecule has 0 saturated heterocycles. The lowest BCUT2D eigenvalue weighted by molar-refractivity contribution is 0.883. The van der Waals surface area contributed by atoms with Gasteiger partial charge in [-0.1, -0.05) is 24.4 Å². The Labute approximate surface area is 119 Å². The van der Waals surface area contributed by atoms with Gasteiger partial charge < -0.3 is 10.6 Å². The summed E-state index contributed by atoms with van der Waals surface area (Å²) in [5.74, 6) is 0. The molecule has 0 unspecified atom stereocenters. The number of hydrogen-bond donors (Lipinski definition) is 1. The molecular formula is C15H17N3S. The molecule has 0 aliphatic rings. The Morgan fingerprint density at radius 3 is 2.74 bits per heavy atom. The Morgan fingerprint density at radius 2 is 2.11 bits per heavy atom. The third kappa shape index (κ3) is 3.29. The fourth-order valence-corrected chi connectivity index (χ4v) is 2.16. The molecule has 4 heteroatoms. The van der Waals surface area contributed by atoms with Crippen LogP contribution in [0.15, 0.2) is 42.6 Å². The first-order chi connectivity index (χ1) is 9.08.